The summed E-state index contributed by atoms with van der Waals surface area (Å²) in [6.07, 6.45) is 4.45. The van der Waals surface area contributed by atoms with Crippen molar-refractivity contribution in [3.05, 3.63) is 38.7 Å². The number of carbonyl (C=O) groups is 1. The minimum Gasteiger partial charge on any atom is -0.345 e. The normalized spacial score (nSPS) is 15.4. The van der Waals surface area contributed by atoms with Crippen molar-refractivity contribution >= 4 is 28.4 Å². The molecule has 1 N–H and O–H groups in total. The van der Waals surface area contributed by atoms with Crippen LogP contribution in [0.1, 0.15) is 69.7 Å². The number of pyridine rings is 1. The molecule has 1 amide bonds. The van der Waals surface area contributed by atoms with Crippen molar-refractivity contribution in [3.63, 3.8) is 0 Å². The maximum absolute atomic E-state index is 13.1. The molecule has 3 aromatic heterocycles. The molecule has 1 aliphatic rings. The van der Waals surface area contributed by atoms with Crippen molar-refractivity contribution < 1.29 is 4.79 Å². The Bertz CT molecular complexity index is 1020. The first-order valence-electron chi connectivity index (χ1n) is 9.55. The lowest BCUT2D eigenvalue weighted by atomic mass is 10.1. The van der Waals surface area contributed by atoms with Gasteiger partial charge in [0.2, 0.25) is 0 Å². The second kappa shape index (κ2) is 7.03. The van der Waals surface area contributed by atoms with Gasteiger partial charge in [0.15, 0.2) is 5.65 Å². The van der Waals surface area contributed by atoms with E-state index in [9.17, 15) is 4.79 Å². The summed E-state index contributed by atoms with van der Waals surface area (Å²) in [4.78, 5) is 28.2. The summed E-state index contributed by atoms with van der Waals surface area (Å²) in [6.45, 7) is 8.85. The molecule has 142 valence electrons. The summed E-state index contributed by atoms with van der Waals surface area (Å²) in [5, 5.41) is 4.15. The molecule has 0 radical (unpaired) electrons. The van der Waals surface area contributed by atoms with Crippen LogP contribution in [-0.2, 0) is 13.0 Å². The summed E-state index contributed by atoms with van der Waals surface area (Å²) in [5.41, 5.74) is 4.00. The molecule has 4 heterocycles. The molecular formula is C20H25N5OS. The Labute approximate surface area is 163 Å². The third-order valence-corrected chi connectivity index (χ3v) is 6.37. The summed E-state index contributed by atoms with van der Waals surface area (Å²) in [5.74, 6) is 0.952. The largest absolute Gasteiger partial charge is 0.345 e. The highest BCUT2D eigenvalue weighted by atomic mass is 32.1. The summed E-state index contributed by atoms with van der Waals surface area (Å²) in [7, 11) is 0. The molecule has 0 bridgehead atoms. The minimum atomic E-state index is -0.100. The van der Waals surface area contributed by atoms with Gasteiger partial charge in [0, 0.05) is 23.5 Å². The van der Waals surface area contributed by atoms with Gasteiger partial charge in [-0.15, -0.1) is 11.3 Å². The van der Waals surface area contributed by atoms with Crippen LogP contribution < -0.4 is 5.32 Å². The predicted molar refractivity (Wildman–Crippen MR) is 107 cm³/mol. The molecule has 4 rings (SSSR count). The molecule has 27 heavy (non-hydrogen) atoms. The van der Waals surface area contributed by atoms with Crippen LogP contribution in [0.5, 0.6) is 0 Å². The predicted octanol–water partition coefficient (Wildman–Crippen LogP) is 4.03. The molecule has 0 unspecified atom stereocenters. The van der Waals surface area contributed by atoms with Gasteiger partial charge in [-0.2, -0.15) is 0 Å². The molecule has 0 spiro atoms. The van der Waals surface area contributed by atoms with Gasteiger partial charge in [-0.25, -0.2) is 15.0 Å². The van der Waals surface area contributed by atoms with Crippen molar-refractivity contribution in [1.82, 2.24) is 24.8 Å². The SMILES string of the molecule is Cc1cc(C(=O)N[C@@H](C)c2sc(C)nc2C)c2nc3n(c2n1)CCCCC3. The average Bonchev–Trinajstić information content (AvgIpc) is 3.03. The van der Waals surface area contributed by atoms with E-state index in [2.05, 4.69) is 14.9 Å². The van der Waals surface area contributed by atoms with Crippen LogP contribution in [0.15, 0.2) is 6.07 Å². The van der Waals surface area contributed by atoms with Crippen molar-refractivity contribution in [2.24, 2.45) is 0 Å². The molecule has 0 saturated carbocycles. The van der Waals surface area contributed by atoms with Gasteiger partial charge in [0.1, 0.15) is 11.3 Å². The number of rotatable bonds is 3. The molecule has 1 aliphatic heterocycles. The van der Waals surface area contributed by atoms with Gasteiger partial charge in [-0.05, 0) is 46.6 Å². The quantitative estimate of drug-likeness (QED) is 0.741. The topological polar surface area (TPSA) is 72.7 Å². The Morgan fingerprint density at radius 2 is 2.00 bits per heavy atom. The average molecular weight is 384 g/mol. The zero-order valence-corrected chi connectivity index (χ0v) is 17.1. The number of aromatic nitrogens is 4. The zero-order valence-electron chi connectivity index (χ0n) is 16.3. The fourth-order valence-electron chi connectivity index (χ4n) is 3.88. The Morgan fingerprint density at radius 3 is 2.74 bits per heavy atom. The van der Waals surface area contributed by atoms with E-state index < -0.39 is 0 Å². The highest BCUT2D eigenvalue weighted by molar-refractivity contribution is 7.11. The number of fused-ring (bicyclic) bond motifs is 3. The lowest BCUT2D eigenvalue weighted by molar-refractivity contribution is 0.0941. The fourth-order valence-corrected chi connectivity index (χ4v) is 4.81. The molecule has 7 heteroatoms. The number of nitrogens with zero attached hydrogens (tertiary/aromatic N) is 4. The molecule has 1 atom stereocenters. The van der Waals surface area contributed by atoms with Gasteiger partial charge >= 0.3 is 0 Å². The van der Waals surface area contributed by atoms with Crippen LogP contribution in [0.4, 0.5) is 0 Å². The Hall–Kier alpha value is -2.28. The Kier molecular flexibility index (Phi) is 4.72. The van der Waals surface area contributed by atoms with Crippen LogP contribution in [0, 0.1) is 20.8 Å². The van der Waals surface area contributed by atoms with Crippen LogP contribution in [-0.4, -0.2) is 25.4 Å². The van der Waals surface area contributed by atoms with E-state index in [0.29, 0.717) is 5.56 Å². The van der Waals surface area contributed by atoms with Crippen molar-refractivity contribution in [3.8, 4) is 0 Å². The van der Waals surface area contributed by atoms with E-state index in [4.69, 9.17) is 9.97 Å². The summed E-state index contributed by atoms with van der Waals surface area (Å²) < 4.78 is 2.20. The lowest BCUT2D eigenvalue weighted by Crippen LogP contribution is -2.27. The van der Waals surface area contributed by atoms with Crippen LogP contribution in [0.25, 0.3) is 11.2 Å². The summed E-state index contributed by atoms with van der Waals surface area (Å²) >= 11 is 1.63. The van der Waals surface area contributed by atoms with Crippen molar-refractivity contribution in [2.45, 2.75) is 66.0 Å². The third-order valence-electron chi connectivity index (χ3n) is 5.12. The summed E-state index contributed by atoms with van der Waals surface area (Å²) in [6, 6.07) is 1.76. The minimum absolute atomic E-state index is 0.0901. The van der Waals surface area contributed by atoms with E-state index in [1.165, 1.54) is 6.42 Å². The monoisotopic (exact) mass is 383 g/mol. The fraction of sp³-hybridized carbons (Fsp3) is 0.500. The van der Waals surface area contributed by atoms with Crippen LogP contribution in [0.2, 0.25) is 0 Å². The van der Waals surface area contributed by atoms with E-state index >= 15 is 0 Å². The Morgan fingerprint density at radius 1 is 1.19 bits per heavy atom. The number of amides is 1. The second-order valence-corrected chi connectivity index (χ2v) is 8.59. The highest BCUT2D eigenvalue weighted by Crippen LogP contribution is 2.27. The molecule has 0 aliphatic carbocycles. The molecular weight excluding hydrogens is 358 g/mol. The van der Waals surface area contributed by atoms with Gasteiger partial charge in [0.05, 0.1) is 22.3 Å². The Balaban J connectivity index is 1.70. The molecule has 3 aromatic rings. The molecule has 0 aromatic carbocycles. The number of thiazole rings is 1. The first-order chi connectivity index (χ1) is 12.9. The molecule has 6 nitrogen and oxygen atoms in total. The smallest absolute Gasteiger partial charge is 0.254 e. The zero-order chi connectivity index (χ0) is 19.1. The standard InChI is InChI=1S/C20H25N5OS/c1-11-10-15(20(26)23-13(3)18-12(2)22-14(4)27-18)17-19(21-11)25-9-7-5-6-8-16(25)24-17/h10,13H,5-9H2,1-4H3,(H,23,26)/t13-/m0/s1. The van der Waals surface area contributed by atoms with Crippen molar-refractivity contribution in [1.29, 1.82) is 0 Å². The van der Waals surface area contributed by atoms with E-state index in [0.717, 1.165) is 64.1 Å². The lowest BCUT2D eigenvalue weighted by Gasteiger charge is -2.13. The van der Waals surface area contributed by atoms with Gasteiger partial charge in [0.25, 0.3) is 5.91 Å². The maximum Gasteiger partial charge on any atom is 0.254 e. The van der Waals surface area contributed by atoms with E-state index in [1.807, 2.05) is 33.8 Å². The highest BCUT2D eigenvalue weighted by Gasteiger charge is 2.23. The molecule has 0 fully saturated rings. The van der Waals surface area contributed by atoms with E-state index in [1.54, 1.807) is 11.3 Å². The number of hydrogen-bond donors (Lipinski definition) is 1. The van der Waals surface area contributed by atoms with Gasteiger partial charge in [-0.1, -0.05) is 6.42 Å². The van der Waals surface area contributed by atoms with Gasteiger partial charge in [-0.3, -0.25) is 4.79 Å². The number of nitrogens with one attached hydrogen (secondary N) is 1. The number of aryl methyl sites for hydroxylation is 5. The number of imidazole rings is 1. The second-order valence-electron chi connectivity index (χ2n) is 7.35. The first kappa shape index (κ1) is 18.1. The van der Waals surface area contributed by atoms with Gasteiger partial charge < -0.3 is 9.88 Å². The number of hydrogen-bond acceptors (Lipinski definition) is 5. The number of carbonyl (C=O) groups excluding carboxylic acids is 1. The molecule has 0 saturated heterocycles. The first-order valence-corrected chi connectivity index (χ1v) is 10.4. The van der Waals surface area contributed by atoms with E-state index in [-0.39, 0.29) is 11.9 Å². The van der Waals surface area contributed by atoms with Crippen LogP contribution in [0.3, 0.4) is 0 Å². The third kappa shape index (κ3) is 3.36. The van der Waals surface area contributed by atoms with Crippen LogP contribution >= 0.6 is 11.3 Å². The maximum atomic E-state index is 13.1. The van der Waals surface area contributed by atoms with Crippen molar-refractivity contribution in [2.75, 3.05) is 0 Å².